The maximum absolute atomic E-state index is 14.5. The van der Waals surface area contributed by atoms with Gasteiger partial charge in [0.2, 0.25) is 5.95 Å². The summed E-state index contributed by atoms with van der Waals surface area (Å²) in [6.07, 6.45) is 6.30. The van der Waals surface area contributed by atoms with Crippen LogP contribution in [0.5, 0.6) is 5.75 Å². The third-order valence-electron chi connectivity index (χ3n) is 7.07. The Hall–Kier alpha value is -3.39. The van der Waals surface area contributed by atoms with E-state index in [0.29, 0.717) is 22.5 Å². The molecule has 0 radical (unpaired) electrons. The maximum Gasteiger partial charge on any atom is 0.264 e. The van der Waals surface area contributed by atoms with Crippen molar-refractivity contribution in [3.8, 4) is 22.7 Å². The number of aromatic nitrogens is 2. The molecule has 1 aromatic heterocycles. The summed E-state index contributed by atoms with van der Waals surface area (Å²) in [6.45, 7) is 0. The minimum Gasteiger partial charge on any atom is -0.495 e. The highest BCUT2D eigenvalue weighted by Gasteiger charge is 2.43. The number of anilines is 1. The van der Waals surface area contributed by atoms with Crippen LogP contribution in [0.2, 0.25) is 0 Å². The molecule has 2 aliphatic carbocycles. The Labute approximate surface area is 204 Å². The first-order chi connectivity index (χ1) is 16.6. The average molecular weight is 476 g/mol. The largest absolute Gasteiger partial charge is 0.495 e. The molecule has 0 unspecified atom stereocenters. The number of hydrogen-bond donors (Lipinski definition) is 3. The number of ether oxygens (including phenoxy) is 1. The SMILES string of the molecule is CNC(=S)NNc1nc2c(c(=O)n1-c1ccccc1OC)C1(CCCCC1)Cc1ccccc1-2. The van der Waals surface area contributed by atoms with Crippen LogP contribution in [0.15, 0.2) is 53.3 Å². The Kier molecular flexibility index (Phi) is 6.00. The minimum atomic E-state index is -0.206. The summed E-state index contributed by atoms with van der Waals surface area (Å²) in [5.74, 6) is 0.952. The molecule has 0 saturated heterocycles. The van der Waals surface area contributed by atoms with Gasteiger partial charge in [0.25, 0.3) is 5.56 Å². The third-order valence-corrected chi connectivity index (χ3v) is 7.37. The minimum absolute atomic E-state index is 0.0643. The maximum atomic E-state index is 14.5. The number of methoxy groups -OCH3 is 1. The number of thiocarbonyl (C=S) groups is 1. The summed E-state index contributed by atoms with van der Waals surface area (Å²) in [4.78, 5) is 19.5. The first-order valence-electron chi connectivity index (χ1n) is 11.7. The van der Waals surface area contributed by atoms with Crippen LogP contribution in [-0.4, -0.2) is 28.8 Å². The third kappa shape index (κ3) is 3.72. The molecule has 1 heterocycles. The van der Waals surface area contributed by atoms with E-state index < -0.39 is 0 Å². The van der Waals surface area contributed by atoms with E-state index in [0.717, 1.165) is 48.9 Å². The molecule has 5 rings (SSSR count). The van der Waals surface area contributed by atoms with E-state index in [9.17, 15) is 4.79 Å². The summed E-state index contributed by atoms with van der Waals surface area (Å²) in [7, 11) is 3.34. The van der Waals surface area contributed by atoms with Gasteiger partial charge < -0.3 is 10.1 Å². The van der Waals surface area contributed by atoms with Gasteiger partial charge >= 0.3 is 0 Å². The molecule has 0 bridgehead atoms. The number of hydrazine groups is 1. The van der Waals surface area contributed by atoms with E-state index in [1.165, 1.54) is 12.0 Å². The fourth-order valence-electron chi connectivity index (χ4n) is 5.50. The summed E-state index contributed by atoms with van der Waals surface area (Å²) >= 11 is 5.25. The second-order valence-electron chi connectivity index (χ2n) is 8.98. The van der Waals surface area contributed by atoms with Gasteiger partial charge in [-0.05, 0) is 49.2 Å². The van der Waals surface area contributed by atoms with E-state index >= 15 is 0 Å². The van der Waals surface area contributed by atoms with Gasteiger partial charge in [0.1, 0.15) is 5.75 Å². The summed E-state index contributed by atoms with van der Waals surface area (Å²) in [5, 5.41) is 3.27. The number of nitrogens with one attached hydrogen (secondary N) is 3. The molecule has 2 aromatic carbocycles. The van der Waals surface area contributed by atoms with Crippen LogP contribution in [0.1, 0.15) is 43.2 Å². The highest BCUT2D eigenvalue weighted by Crippen LogP contribution is 2.49. The van der Waals surface area contributed by atoms with Crippen LogP contribution in [-0.2, 0) is 11.8 Å². The van der Waals surface area contributed by atoms with Gasteiger partial charge in [0, 0.05) is 18.0 Å². The quantitative estimate of drug-likeness (QED) is 0.387. The van der Waals surface area contributed by atoms with Crippen molar-refractivity contribution in [1.82, 2.24) is 20.3 Å². The zero-order valence-electron chi connectivity index (χ0n) is 19.5. The predicted molar refractivity (Wildman–Crippen MR) is 139 cm³/mol. The van der Waals surface area contributed by atoms with Crippen molar-refractivity contribution < 1.29 is 4.74 Å². The molecule has 176 valence electrons. The molecule has 1 spiro atoms. The molecule has 3 aromatic rings. The molecule has 1 fully saturated rings. The Morgan fingerprint density at radius 2 is 1.82 bits per heavy atom. The van der Waals surface area contributed by atoms with Gasteiger partial charge in [-0.2, -0.15) is 0 Å². The number of para-hydroxylation sites is 2. The smallest absolute Gasteiger partial charge is 0.264 e. The lowest BCUT2D eigenvalue weighted by molar-refractivity contribution is 0.284. The zero-order valence-corrected chi connectivity index (χ0v) is 20.3. The van der Waals surface area contributed by atoms with Crippen LogP contribution in [0.4, 0.5) is 5.95 Å². The Balaban J connectivity index is 1.81. The van der Waals surface area contributed by atoms with E-state index in [-0.39, 0.29) is 11.0 Å². The van der Waals surface area contributed by atoms with Gasteiger partial charge in [0.05, 0.1) is 24.1 Å². The van der Waals surface area contributed by atoms with Gasteiger partial charge in [-0.1, -0.05) is 55.7 Å². The fraction of sp³-hybridized carbons (Fsp3) is 0.346. The normalized spacial score (nSPS) is 15.7. The highest BCUT2D eigenvalue weighted by atomic mass is 32.1. The lowest BCUT2D eigenvalue weighted by atomic mass is 9.62. The zero-order chi connectivity index (χ0) is 23.7. The molecule has 34 heavy (non-hydrogen) atoms. The second-order valence-corrected chi connectivity index (χ2v) is 9.38. The predicted octanol–water partition coefficient (Wildman–Crippen LogP) is 4.09. The van der Waals surface area contributed by atoms with Gasteiger partial charge in [-0.15, -0.1) is 0 Å². The molecule has 3 N–H and O–H groups in total. The fourth-order valence-corrected chi connectivity index (χ4v) is 5.56. The van der Waals surface area contributed by atoms with E-state index in [1.807, 2.05) is 30.3 Å². The van der Waals surface area contributed by atoms with Crippen molar-refractivity contribution in [3.05, 3.63) is 70.0 Å². The molecule has 1 saturated carbocycles. The Morgan fingerprint density at radius 3 is 2.59 bits per heavy atom. The molecular weight excluding hydrogens is 446 g/mol. The van der Waals surface area contributed by atoms with Gasteiger partial charge in [-0.25, -0.2) is 9.55 Å². The first kappa shape index (κ1) is 22.4. The molecular formula is C26H29N5O2S. The number of rotatable bonds is 4. The van der Waals surface area contributed by atoms with E-state index in [2.05, 4.69) is 34.4 Å². The highest BCUT2D eigenvalue weighted by molar-refractivity contribution is 7.80. The van der Waals surface area contributed by atoms with Crippen molar-refractivity contribution >= 4 is 23.3 Å². The van der Waals surface area contributed by atoms with Crippen molar-refractivity contribution in [2.45, 2.75) is 43.9 Å². The Bertz CT molecular complexity index is 1300. The lowest BCUT2D eigenvalue weighted by Crippen LogP contribution is -2.44. The van der Waals surface area contributed by atoms with Gasteiger partial charge in [0.15, 0.2) is 5.11 Å². The van der Waals surface area contributed by atoms with Crippen molar-refractivity contribution in [2.75, 3.05) is 19.6 Å². The molecule has 0 aliphatic heterocycles. The number of fused-ring (bicyclic) bond motifs is 4. The summed E-state index contributed by atoms with van der Waals surface area (Å²) in [6, 6.07) is 15.8. The van der Waals surface area contributed by atoms with Crippen molar-refractivity contribution in [1.29, 1.82) is 0 Å². The van der Waals surface area contributed by atoms with E-state index in [4.69, 9.17) is 21.9 Å². The number of nitrogens with zero attached hydrogens (tertiary/aromatic N) is 2. The first-order valence-corrected chi connectivity index (χ1v) is 12.1. The summed E-state index contributed by atoms with van der Waals surface area (Å²) in [5.41, 5.74) is 10.2. The van der Waals surface area contributed by atoms with Crippen LogP contribution >= 0.6 is 12.2 Å². The molecule has 8 heteroatoms. The van der Waals surface area contributed by atoms with Crippen LogP contribution in [0.3, 0.4) is 0 Å². The van der Waals surface area contributed by atoms with Crippen molar-refractivity contribution in [3.63, 3.8) is 0 Å². The molecule has 0 atom stereocenters. The Morgan fingerprint density at radius 1 is 1.09 bits per heavy atom. The van der Waals surface area contributed by atoms with Crippen molar-refractivity contribution in [2.24, 2.45) is 0 Å². The number of hydrogen-bond acceptors (Lipinski definition) is 5. The molecule has 2 aliphatic rings. The number of benzene rings is 2. The topological polar surface area (TPSA) is 80.2 Å². The van der Waals surface area contributed by atoms with Gasteiger partial charge in [-0.3, -0.25) is 15.6 Å². The molecule has 0 amide bonds. The van der Waals surface area contributed by atoms with Crippen LogP contribution in [0.25, 0.3) is 16.9 Å². The second kappa shape index (κ2) is 9.10. The lowest BCUT2D eigenvalue weighted by Gasteiger charge is -2.42. The average Bonchev–Trinajstić information content (AvgIpc) is 2.87. The van der Waals surface area contributed by atoms with E-state index in [1.54, 1.807) is 18.7 Å². The standard InChI is InChI=1S/C26H29N5O2S/c1-27-25(34)30-29-24-28-22-18-11-5-4-10-17(18)16-26(14-8-3-9-15-26)21(22)23(32)31(24)19-12-6-7-13-20(19)33-2/h4-7,10-13H,3,8-9,14-16H2,1-2H3,(H,28,29)(H2,27,30,34). The molecule has 7 nitrogen and oxygen atoms in total. The summed E-state index contributed by atoms with van der Waals surface area (Å²) < 4.78 is 7.24. The van der Waals surface area contributed by atoms with Crippen LogP contribution < -0.4 is 26.5 Å². The van der Waals surface area contributed by atoms with Crippen LogP contribution in [0, 0.1) is 0 Å². The monoisotopic (exact) mass is 475 g/mol.